The Hall–Kier alpha value is -1.60. The first-order valence-corrected chi connectivity index (χ1v) is 6.13. The van der Waals surface area contributed by atoms with Crippen molar-refractivity contribution >= 4 is 5.82 Å². The summed E-state index contributed by atoms with van der Waals surface area (Å²) in [6.07, 6.45) is 1.62. The number of hydrogen-bond donors (Lipinski definition) is 0. The van der Waals surface area contributed by atoms with Crippen molar-refractivity contribution in [2.45, 2.75) is 38.9 Å². The molecule has 0 spiro atoms. The molecule has 1 saturated heterocycles. The fourth-order valence-corrected chi connectivity index (χ4v) is 2.59. The van der Waals surface area contributed by atoms with E-state index in [0.29, 0.717) is 5.56 Å². The van der Waals surface area contributed by atoms with Gasteiger partial charge in [0.2, 0.25) is 0 Å². The highest BCUT2D eigenvalue weighted by molar-refractivity contribution is 5.43. The quantitative estimate of drug-likeness (QED) is 0.762. The number of anilines is 1. The second-order valence-corrected chi connectivity index (χ2v) is 5.99. The summed E-state index contributed by atoms with van der Waals surface area (Å²) in [6.45, 7) is 9.95. The lowest BCUT2D eigenvalue weighted by atomic mass is 9.99. The zero-order valence-electron chi connectivity index (χ0n) is 11.4. The molecule has 1 aliphatic heterocycles. The van der Waals surface area contributed by atoms with Gasteiger partial charge in [-0.15, -0.1) is 0 Å². The molecule has 0 amide bonds. The van der Waals surface area contributed by atoms with Crippen molar-refractivity contribution in [3.63, 3.8) is 0 Å². The maximum absolute atomic E-state index is 8.78. The van der Waals surface area contributed by atoms with Gasteiger partial charge in [-0.25, -0.2) is 4.98 Å². The van der Waals surface area contributed by atoms with Crippen LogP contribution in [0, 0.1) is 11.3 Å². The molecule has 1 aliphatic rings. The minimum Gasteiger partial charge on any atom is -0.366 e. The average molecular weight is 245 g/mol. The van der Waals surface area contributed by atoms with Gasteiger partial charge in [-0.2, -0.15) is 5.26 Å². The van der Waals surface area contributed by atoms with Crippen LogP contribution in [0.15, 0.2) is 18.3 Å². The predicted molar refractivity (Wildman–Crippen MR) is 70.4 cm³/mol. The fourth-order valence-electron chi connectivity index (χ4n) is 2.59. The fraction of sp³-hybridized carbons (Fsp3) is 0.571. The molecule has 1 aromatic heterocycles. The van der Waals surface area contributed by atoms with Crippen molar-refractivity contribution in [2.75, 3.05) is 18.0 Å². The van der Waals surface area contributed by atoms with Gasteiger partial charge >= 0.3 is 0 Å². The summed E-state index contributed by atoms with van der Waals surface area (Å²) in [6, 6.07) is 5.79. The largest absolute Gasteiger partial charge is 0.366 e. The third-order valence-electron chi connectivity index (χ3n) is 2.90. The molecule has 0 saturated carbocycles. The lowest BCUT2D eigenvalue weighted by molar-refractivity contribution is -0.133. The number of morpholine rings is 1. The molecule has 0 radical (unpaired) electrons. The summed E-state index contributed by atoms with van der Waals surface area (Å²) >= 11 is 0. The Balaban J connectivity index is 2.24. The smallest absolute Gasteiger partial charge is 0.128 e. The molecule has 0 atom stereocenters. The SMILES string of the molecule is CC1(C)CN(c2ccc(C#N)cn2)CC(C)(C)O1. The summed E-state index contributed by atoms with van der Waals surface area (Å²) in [4.78, 5) is 6.57. The molecule has 4 nitrogen and oxygen atoms in total. The maximum Gasteiger partial charge on any atom is 0.128 e. The Morgan fingerprint density at radius 3 is 2.28 bits per heavy atom. The molecule has 0 aliphatic carbocycles. The second kappa shape index (κ2) is 4.25. The molecule has 2 rings (SSSR count). The van der Waals surface area contributed by atoms with Crippen LogP contribution in [0.4, 0.5) is 5.82 Å². The molecule has 1 fully saturated rings. The lowest BCUT2D eigenvalue weighted by Gasteiger charge is -2.47. The van der Waals surface area contributed by atoms with Crippen LogP contribution >= 0.6 is 0 Å². The predicted octanol–water partition coefficient (Wildman–Crippen LogP) is 2.35. The van der Waals surface area contributed by atoms with E-state index in [4.69, 9.17) is 10.00 Å². The van der Waals surface area contributed by atoms with E-state index in [2.05, 4.69) is 43.6 Å². The van der Waals surface area contributed by atoms with Crippen molar-refractivity contribution in [3.8, 4) is 6.07 Å². The topological polar surface area (TPSA) is 49.2 Å². The number of nitriles is 1. The van der Waals surface area contributed by atoms with Gasteiger partial charge in [-0.05, 0) is 39.8 Å². The summed E-state index contributed by atoms with van der Waals surface area (Å²) in [7, 11) is 0. The molecule has 96 valence electrons. The van der Waals surface area contributed by atoms with Gasteiger partial charge in [0.1, 0.15) is 11.9 Å². The molecule has 0 N–H and O–H groups in total. The Morgan fingerprint density at radius 1 is 1.22 bits per heavy atom. The molecule has 18 heavy (non-hydrogen) atoms. The minimum absolute atomic E-state index is 0.197. The van der Waals surface area contributed by atoms with Crippen LogP contribution in [-0.2, 0) is 4.74 Å². The van der Waals surface area contributed by atoms with Crippen LogP contribution in [0.25, 0.3) is 0 Å². The van der Waals surface area contributed by atoms with E-state index in [9.17, 15) is 0 Å². The van der Waals surface area contributed by atoms with E-state index in [1.807, 2.05) is 6.07 Å². The molecule has 2 heterocycles. The third kappa shape index (κ3) is 2.80. The summed E-state index contributed by atoms with van der Waals surface area (Å²) in [5.74, 6) is 0.901. The Bertz CT molecular complexity index is 455. The number of pyridine rings is 1. The summed E-state index contributed by atoms with van der Waals surface area (Å²) in [5.41, 5.74) is 0.194. The van der Waals surface area contributed by atoms with Gasteiger partial charge in [-0.1, -0.05) is 0 Å². The van der Waals surface area contributed by atoms with Crippen molar-refractivity contribution < 1.29 is 4.74 Å². The van der Waals surface area contributed by atoms with Gasteiger partial charge in [-0.3, -0.25) is 0 Å². The van der Waals surface area contributed by atoms with Crippen molar-refractivity contribution in [3.05, 3.63) is 23.9 Å². The van der Waals surface area contributed by atoms with E-state index < -0.39 is 0 Å². The van der Waals surface area contributed by atoms with E-state index in [-0.39, 0.29) is 11.2 Å². The van der Waals surface area contributed by atoms with Crippen LogP contribution in [0.2, 0.25) is 0 Å². The lowest BCUT2D eigenvalue weighted by Crippen LogP contribution is -2.57. The summed E-state index contributed by atoms with van der Waals surface area (Å²) < 4.78 is 6.04. The highest BCUT2D eigenvalue weighted by Gasteiger charge is 2.38. The zero-order valence-corrected chi connectivity index (χ0v) is 11.4. The Labute approximate surface area is 108 Å². The molecule has 0 bridgehead atoms. The van der Waals surface area contributed by atoms with Gasteiger partial charge in [0.25, 0.3) is 0 Å². The number of nitrogens with zero attached hydrogens (tertiary/aromatic N) is 3. The van der Waals surface area contributed by atoms with Gasteiger partial charge in [0, 0.05) is 19.3 Å². The van der Waals surface area contributed by atoms with Crippen molar-refractivity contribution in [1.82, 2.24) is 4.98 Å². The first-order chi connectivity index (χ1) is 8.31. The minimum atomic E-state index is -0.197. The van der Waals surface area contributed by atoms with E-state index in [0.717, 1.165) is 18.9 Å². The van der Waals surface area contributed by atoms with E-state index >= 15 is 0 Å². The van der Waals surface area contributed by atoms with Crippen LogP contribution in [-0.4, -0.2) is 29.3 Å². The zero-order chi connectivity index (χ0) is 13.4. The number of aromatic nitrogens is 1. The number of ether oxygens (including phenoxy) is 1. The standard InChI is InChI=1S/C14H19N3O/c1-13(2)9-17(10-14(3,4)18-13)12-6-5-11(7-15)8-16-12/h5-6,8H,9-10H2,1-4H3. The first kappa shape index (κ1) is 12.8. The number of hydrogen-bond acceptors (Lipinski definition) is 4. The average Bonchev–Trinajstić information content (AvgIpc) is 2.25. The molecule has 1 aromatic rings. The summed E-state index contributed by atoms with van der Waals surface area (Å²) in [5, 5.41) is 8.78. The van der Waals surface area contributed by atoms with Crippen molar-refractivity contribution in [2.24, 2.45) is 0 Å². The first-order valence-electron chi connectivity index (χ1n) is 6.13. The normalized spacial score (nSPS) is 21.4. The van der Waals surface area contributed by atoms with Crippen LogP contribution in [0.1, 0.15) is 33.3 Å². The molecular weight excluding hydrogens is 226 g/mol. The van der Waals surface area contributed by atoms with Crippen LogP contribution in [0.5, 0.6) is 0 Å². The third-order valence-corrected chi connectivity index (χ3v) is 2.90. The highest BCUT2D eigenvalue weighted by atomic mass is 16.5. The van der Waals surface area contributed by atoms with Crippen LogP contribution in [0.3, 0.4) is 0 Å². The second-order valence-electron chi connectivity index (χ2n) is 5.99. The van der Waals surface area contributed by atoms with Gasteiger partial charge in [0.05, 0.1) is 16.8 Å². The highest BCUT2D eigenvalue weighted by Crippen LogP contribution is 2.30. The van der Waals surface area contributed by atoms with Crippen LogP contribution < -0.4 is 4.90 Å². The Morgan fingerprint density at radius 2 is 1.83 bits per heavy atom. The molecule has 0 unspecified atom stereocenters. The monoisotopic (exact) mass is 245 g/mol. The molecular formula is C14H19N3O. The van der Waals surface area contributed by atoms with E-state index in [1.165, 1.54) is 0 Å². The van der Waals surface area contributed by atoms with Gasteiger partial charge in [0.15, 0.2) is 0 Å². The van der Waals surface area contributed by atoms with E-state index in [1.54, 1.807) is 12.3 Å². The molecule has 0 aromatic carbocycles. The number of rotatable bonds is 1. The van der Waals surface area contributed by atoms with Crippen molar-refractivity contribution in [1.29, 1.82) is 5.26 Å². The maximum atomic E-state index is 8.78. The molecule has 4 heteroatoms. The Kier molecular flexibility index (Phi) is 3.04. The van der Waals surface area contributed by atoms with Gasteiger partial charge < -0.3 is 9.64 Å².